The lowest BCUT2D eigenvalue weighted by Crippen LogP contribution is -2.25. The lowest BCUT2D eigenvalue weighted by Gasteiger charge is -2.10. The minimum atomic E-state index is -0.0256. The molecule has 0 aromatic heterocycles. The van der Waals surface area contributed by atoms with Crippen LogP contribution in [-0.4, -0.2) is 19.1 Å². The summed E-state index contributed by atoms with van der Waals surface area (Å²) in [5, 5.41) is 2.69. The topological polar surface area (TPSA) is 38.3 Å². The van der Waals surface area contributed by atoms with Crippen molar-refractivity contribution in [3.05, 3.63) is 29.8 Å². The van der Waals surface area contributed by atoms with E-state index < -0.39 is 0 Å². The SMILES string of the molecule is CCc1ccccc1OCCNC(C)=O. The molecular weight excluding hydrogens is 190 g/mol. The Morgan fingerprint density at radius 2 is 2.13 bits per heavy atom. The van der Waals surface area contributed by atoms with Crippen molar-refractivity contribution < 1.29 is 9.53 Å². The van der Waals surface area contributed by atoms with Crippen LogP contribution in [0.4, 0.5) is 0 Å². The molecule has 1 aromatic carbocycles. The normalized spacial score (nSPS) is 9.73. The summed E-state index contributed by atoms with van der Waals surface area (Å²) in [4.78, 5) is 10.6. The van der Waals surface area contributed by atoms with Gasteiger partial charge in [0.2, 0.25) is 5.91 Å². The van der Waals surface area contributed by atoms with Crippen LogP contribution in [0.5, 0.6) is 5.75 Å². The van der Waals surface area contributed by atoms with Crippen LogP contribution in [-0.2, 0) is 11.2 Å². The van der Waals surface area contributed by atoms with Crippen LogP contribution in [0.3, 0.4) is 0 Å². The first kappa shape index (κ1) is 11.6. The number of carbonyl (C=O) groups excluding carboxylic acids is 1. The number of para-hydroxylation sites is 1. The number of amides is 1. The number of nitrogens with one attached hydrogen (secondary N) is 1. The third-order valence-corrected chi connectivity index (χ3v) is 2.09. The largest absolute Gasteiger partial charge is 0.491 e. The van der Waals surface area contributed by atoms with E-state index in [1.54, 1.807) is 0 Å². The Bertz CT molecular complexity index is 323. The molecule has 0 aliphatic rings. The molecule has 1 aromatic rings. The first-order valence-corrected chi connectivity index (χ1v) is 5.19. The summed E-state index contributed by atoms with van der Waals surface area (Å²) >= 11 is 0. The third-order valence-electron chi connectivity index (χ3n) is 2.09. The molecule has 0 atom stereocenters. The standard InChI is InChI=1S/C12H17NO2/c1-3-11-6-4-5-7-12(11)15-9-8-13-10(2)14/h4-7H,3,8-9H2,1-2H3,(H,13,14). The van der Waals surface area contributed by atoms with Gasteiger partial charge in [0.25, 0.3) is 0 Å². The van der Waals surface area contributed by atoms with Gasteiger partial charge in [-0.15, -0.1) is 0 Å². The van der Waals surface area contributed by atoms with Crippen molar-refractivity contribution in [1.82, 2.24) is 5.32 Å². The summed E-state index contributed by atoms with van der Waals surface area (Å²) in [5.74, 6) is 0.882. The Morgan fingerprint density at radius 3 is 2.80 bits per heavy atom. The highest BCUT2D eigenvalue weighted by molar-refractivity contribution is 5.72. The van der Waals surface area contributed by atoms with E-state index in [2.05, 4.69) is 12.2 Å². The number of benzene rings is 1. The fourth-order valence-electron chi connectivity index (χ4n) is 1.32. The average Bonchev–Trinajstić information content (AvgIpc) is 2.24. The zero-order valence-corrected chi connectivity index (χ0v) is 9.25. The van der Waals surface area contributed by atoms with Crippen molar-refractivity contribution in [3.8, 4) is 5.75 Å². The van der Waals surface area contributed by atoms with Gasteiger partial charge in [-0.2, -0.15) is 0 Å². The van der Waals surface area contributed by atoms with Gasteiger partial charge in [-0.1, -0.05) is 25.1 Å². The molecular formula is C12H17NO2. The Balaban J connectivity index is 2.39. The highest BCUT2D eigenvalue weighted by Gasteiger charge is 1.99. The van der Waals surface area contributed by atoms with Gasteiger partial charge in [-0.25, -0.2) is 0 Å². The van der Waals surface area contributed by atoms with E-state index in [0.29, 0.717) is 13.2 Å². The van der Waals surface area contributed by atoms with Gasteiger partial charge in [-0.3, -0.25) is 4.79 Å². The van der Waals surface area contributed by atoms with Crippen LogP contribution < -0.4 is 10.1 Å². The molecule has 0 radical (unpaired) electrons. The first-order chi connectivity index (χ1) is 7.24. The van der Waals surface area contributed by atoms with Crippen molar-refractivity contribution in [2.75, 3.05) is 13.2 Å². The van der Waals surface area contributed by atoms with Gasteiger partial charge in [0, 0.05) is 6.92 Å². The molecule has 0 fully saturated rings. The van der Waals surface area contributed by atoms with E-state index in [-0.39, 0.29) is 5.91 Å². The van der Waals surface area contributed by atoms with E-state index in [0.717, 1.165) is 12.2 Å². The molecule has 0 aliphatic heterocycles. The highest BCUT2D eigenvalue weighted by Crippen LogP contribution is 2.17. The van der Waals surface area contributed by atoms with Crippen LogP contribution >= 0.6 is 0 Å². The van der Waals surface area contributed by atoms with Gasteiger partial charge >= 0.3 is 0 Å². The summed E-state index contributed by atoms with van der Waals surface area (Å²) < 4.78 is 5.56. The average molecular weight is 207 g/mol. The Morgan fingerprint density at radius 1 is 1.40 bits per heavy atom. The van der Waals surface area contributed by atoms with Crippen LogP contribution in [0.15, 0.2) is 24.3 Å². The Kier molecular flexibility index (Phi) is 4.68. The zero-order chi connectivity index (χ0) is 11.1. The van der Waals surface area contributed by atoms with Gasteiger partial charge < -0.3 is 10.1 Å². The maximum atomic E-state index is 10.6. The molecule has 3 nitrogen and oxygen atoms in total. The zero-order valence-electron chi connectivity index (χ0n) is 9.25. The van der Waals surface area contributed by atoms with Crippen LogP contribution in [0, 0.1) is 0 Å². The van der Waals surface area contributed by atoms with Gasteiger partial charge in [-0.05, 0) is 18.1 Å². The maximum absolute atomic E-state index is 10.6. The minimum absolute atomic E-state index is 0.0256. The van der Waals surface area contributed by atoms with Gasteiger partial charge in [0.15, 0.2) is 0 Å². The smallest absolute Gasteiger partial charge is 0.216 e. The summed E-state index contributed by atoms with van der Waals surface area (Å²) in [6.07, 6.45) is 0.955. The van der Waals surface area contributed by atoms with Crippen molar-refractivity contribution in [2.45, 2.75) is 20.3 Å². The summed E-state index contributed by atoms with van der Waals surface area (Å²) in [6.45, 7) is 4.65. The molecule has 0 spiro atoms. The Labute approximate surface area is 90.4 Å². The molecule has 0 saturated carbocycles. The lowest BCUT2D eigenvalue weighted by atomic mass is 10.1. The maximum Gasteiger partial charge on any atom is 0.216 e. The second kappa shape index (κ2) is 6.06. The summed E-state index contributed by atoms with van der Waals surface area (Å²) in [5.41, 5.74) is 1.19. The van der Waals surface area contributed by atoms with Crippen molar-refractivity contribution >= 4 is 5.91 Å². The van der Waals surface area contributed by atoms with E-state index in [1.165, 1.54) is 12.5 Å². The van der Waals surface area contributed by atoms with E-state index in [4.69, 9.17) is 4.74 Å². The number of rotatable bonds is 5. The molecule has 1 N–H and O–H groups in total. The highest BCUT2D eigenvalue weighted by atomic mass is 16.5. The minimum Gasteiger partial charge on any atom is -0.491 e. The molecule has 3 heteroatoms. The molecule has 82 valence electrons. The monoisotopic (exact) mass is 207 g/mol. The van der Waals surface area contributed by atoms with Crippen LogP contribution in [0.2, 0.25) is 0 Å². The molecule has 0 aliphatic carbocycles. The molecule has 1 rings (SSSR count). The molecule has 1 amide bonds. The first-order valence-electron chi connectivity index (χ1n) is 5.19. The van der Waals surface area contributed by atoms with E-state index in [9.17, 15) is 4.79 Å². The number of aryl methyl sites for hydroxylation is 1. The molecule has 15 heavy (non-hydrogen) atoms. The molecule has 0 saturated heterocycles. The van der Waals surface area contributed by atoms with Crippen LogP contribution in [0.25, 0.3) is 0 Å². The second-order valence-corrected chi connectivity index (χ2v) is 3.29. The van der Waals surface area contributed by atoms with Crippen LogP contribution in [0.1, 0.15) is 19.4 Å². The number of hydrogen-bond acceptors (Lipinski definition) is 2. The number of ether oxygens (including phenoxy) is 1. The quantitative estimate of drug-likeness (QED) is 0.747. The lowest BCUT2D eigenvalue weighted by molar-refractivity contribution is -0.119. The number of hydrogen-bond donors (Lipinski definition) is 1. The van der Waals surface area contributed by atoms with Crippen molar-refractivity contribution in [3.63, 3.8) is 0 Å². The van der Waals surface area contributed by atoms with E-state index >= 15 is 0 Å². The van der Waals surface area contributed by atoms with E-state index in [1.807, 2.05) is 24.3 Å². The second-order valence-electron chi connectivity index (χ2n) is 3.29. The summed E-state index contributed by atoms with van der Waals surface area (Å²) in [7, 11) is 0. The fourth-order valence-corrected chi connectivity index (χ4v) is 1.32. The predicted octanol–water partition coefficient (Wildman–Crippen LogP) is 1.76. The Hall–Kier alpha value is -1.51. The summed E-state index contributed by atoms with van der Waals surface area (Å²) in [6, 6.07) is 7.95. The predicted molar refractivity (Wildman–Crippen MR) is 60.0 cm³/mol. The number of carbonyl (C=O) groups is 1. The van der Waals surface area contributed by atoms with Crippen molar-refractivity contribution in [2.24, 2.45) is 0 Å². The molecule has 0 bridgehead atoms. The fraction of sp³-hybridized carbons (Fsp3) is 0.417. The molecule has 0 unspecified atom stereocenters. The third kappa shape index (κ3) is 4.02. The van der Waals surface area contributed by atoms with Gasteiger partial charge in [0.1, 0.15) is 12.4 Å². The van der Waals surface area contributed by atoms with Gasteiger partial charge in [0.05, 0.1) is 6.54 Å². The molecule has 0 heterocycles. The van der Waals surface area contributed by atoms with Crippen molar-refractivity contribution in [1.29, 1.82) is 0 Å².